The van der Waals surface area contributed by atoms with E-state index in [0.717, 1.165) is 39.3 Å². The third-order valence-corrected chi connectivity index (χ3v) is 7.11. The van der Waals surface area contributed by atoms with E-state index in [1.54, 1.807) is 0 Å². The summed E-state index contributed by atoms with van der Waals surface area (Å²) >= 11 is 0. The van der Waals surface area contributed by atoms with Gasteiger partial charge in [-0.05, 0) is 63.9 Å². The first-order valence-electron chi connectivity index (χ1n) is 12.3. The van der Waals surface area contributed by atoms with Crippen molar-refractivity contribution >= 4 is 43.4 Å². The molecule has 0 unspecified atom stereocenters. The lowest BCUT2D eigenvalue weighted by Gasteiger charge is -2.10. The molecule has 5 nitrogen and oxygen atoms in total. The van der Waals surface area contributed by atoms with Gasteiger partial charge in [0, 0.05) is 34.6 Å². The third kappa shape index (κ3) is 3.20. The maximum absolute atomic E-state index is 4.93. The second kappa shape index (κ2) is 7.75. The van der Waals surface area contributed by atoms with Gasteiger partial charge < -0.3 is 9.97 Å². The van der Waals surface area contributed by atoms with Crippen LogP contribution in [0.2, 0.25) is 0 Å². The molecule has 0 saturated carbocycles. The Morgan fingerprint density at radius 1 is 0.694 bits per heavy atom. The smallest absolute Gasteiger partial charge is 0.109 e. The number of H-pyrrole nitrogens is 2. The first-order valence-corrected chi connectivity index (χ1v) is 12.3. The Hall–Kier alpha value is -4.51. The first-order chi connectivity index (χ1) is 17.5. The van der Waals surface area contributed by atoms with Crippen LogP contribution in [0.1, 0.15) is 31.4 Å². The molecule has 0 aliphatic carbocycles. The lowest BCUT2D eigenvalue weighted by Crippen LogP contribution is -1.88. The first kappa shape index (κ1) is 20.8. The molecule has 0 aliphatic rings. The Bertz CT molecular complexity index is 1940. The molecule has 3 aromatic heterocycles. The number of benzene rings is 4. The van der Waals surface area contributed by atoms with Crippen LogP contribution >= 0.6 is 0 Å². The Balaban J connectivity index is 1.39. The molecule has 2 N–H and O–H groups in total. The van der Waals surface area contributed by atoms with Crippen molar-refractivity contribution in [2.45, 2.75) is 26.7 Å². The van der Waals surface area contributed by atoms with E-state index >= 15 is 0 Å². The number of aryl methyl sites for hydroxylation is 1. The average molecular weight is 468 g/mol. The Morgan fingerprint density at radius 3 is 2.22 bits per heavy atom. The highest BCUT2D eigenvalue weighted by molar-refractivity contribution is 6.23. The Labute approximate surface area is 208 Å². The average Bonchev–Trinajstić information content (AvgIpc) is 3.55. The molecule has 4 aromatic carbocycles. The molecular formula is C31H25N5. The molecular weight excluding hydrogens is 442 g/mol. The minimum Gasteiger partial charge on any atom is -0.342 e. The van der Waals surface area contributed by atoms with Crippen molar-refractivity contribution in [2.24, 2.45) is 0 Å². The molecule has 3 heterocycles. The molecule has 7 rings (SSSR count). The van der Waals surface area contributed by atoms with Crippen molar-refractivity contribution in [3.8, 4) is 22.4 Å². The zero-order valence-electron chi connectivity index (χ0n) is 20.4. The van der Waals surface area contributed by atoms with Gasteiger partial charge in [-0.3, -0.25) is 4.98 Å². The summed E-state index contributed by atoms with van der Waals surface area (Å²) in [5.41, 5.74) is 6.66. The number of rotatable bonds is 3. The van der Waals surface area contributed by atoms with Crippen LogP contribution in [0.3, 0.4) is 0 Å². The molecule has 5 heteroatoms. The fourth-order valence-electron chi connectivity index (χ4n) is 5.20. The number of fused-ring (bicyclic) bond motifs is 7. The summed E-state index contributed by atoms with van der Waals surface area (Å²) in [6, 6.07) is 22.1. The highest BCUT2D eigenvalue weighted by Crippen LogP contribution is 2.37. The van der Waals surface area contributed by atoms with Crippen molar-refractivity contribution in [1.82, 2.24) is 24.9 Å². The van der Waals surface area contributed by atoms with Gasteiger partial charge in [-0.2, -0.15) is 0 Å². The lowest BCUT2D eigenvalue weighted by molar-refractivity contribution is 0.799. The van der Waals surface area contributed by atoms with Gasteiger partial charge in [-0.15, -0.1) is 0 Å². The molecule has 0 radical (unpaired) electrons. The Kier molecular flexibility index (Phi) is 4.48. The number of pyridine rings is 1. The highest BCUT2D eigenvalue weighted by Gasteiger charge is 2.15. The van der Waals surface area contributed by atoms with Gasteiger partial charge in [0.1, 0.15) is 11.6 Å². The van der Waals surface area contributed by atoms with Crippen LogP contribution in [0.25, 0.3) is 65.7 Å². The summed E-state index contributed by atoms with van der Waals surface area (Å²) in [5.74, 6) is 2.26. The zero-order chi connectivity index (χ0) is 24.4. The number of nitrogens with one attached hydrogen (secondary N) is 2. The number of hydrogen-bond acceptors (Lipinski definition) is 3. The van der Waals surface area contributed by atoms with Crippen molar-refractivity contribution < 1.29 is 0 Å². The maximum Gasteiger partial charge on any atom is 0.109 e. The van der Waals surface area contributed by atoms with Crippen LogP contribution in [0, 0.1) is 6.92 Å². The predicted molar refractivity (Wildman–Crippen MR) is 148 cm³/mol. The van der Waals surface area contributed by atoms with E-state index in [-0.39, 0.29) is 0 Å². The number of hydrogen-bond donors (Lipinski definition) is 2. The van der Waals surface area contributed by atoms with Crippen LogP contribution in [0.15, 0.2) is 79.3 Å². The normalized spacial score (nSPS) is 12.0. The van der Waals surface area contributed by atoms with E-state index in [1.165, 1.54) is 38.1 Å². The quantitative estimate of drug-likeness (QED) is 0.259. The molecule has 0 spiro atoms. The number of aromatic amines is 2. The van der Waals surface area contributed by atoms with Crippen LogP contribution in [0.5, 0.6) is 0 Å². The van der Waals surface area contributed by atoms with Gasteiger partial charge >= 0.3 is 0 Å². The summed E-state index contributed by atoms with van der Waals surface area (Å²) in [6.45, 7) is 6.30. The lowest BCUT2D eigenvalue weighted by atomic mass is 9.95. The topological polar surface area (TPSA) is 70.2 Å². The van der Waals surface area contributed by atoms with E-state index in [0.29, 0.717) is 5.92 Å². The molecule has 0 bridgehead atoms. The van der Waals surface area contributed by atoms with Crippen molar-refractivity contribution in [3.05, 3.63) is 90.9 Å². The molecule has 0 amide bonds. The summed E-state index contributed by atoms with van der Waals surface area (Å²) < 4.78 is 0. The summed E-state index contributed by atoms with van der Waals surface area (Å²) in [6.07, 6.45) is 5.69. The standard InChI is InChI=1S/C31H25N5/c1-17(2)31-35-29-25-9-8-22(14-26(25)24-10-11-32-15-27(24)30(29)36-31)20-4-5-21-13-23(7-6-19(21)12-20)28-16-33-18(3)34-28/h4-17H,1-3H3,(H,33,34)(H,35,36). The van der Waals surface area contributed by atoms with Gasteiger partial charge in [0.25, 0.3) is 0 Å². The second-order valence-electron chi connectivity index (χ2n) is 9.84. The Morgan fingerprint density at radius 2 is 1.44 bits per heavy atom. The monoisotopic (exact) mass is 467 g/mol. The van der Waals surface area contributed by atoms with Crippen LogP contribution in [-0.2, 0) is 0 Å². The highest BCUT2D eigenvalue weighted by atomic mass is 14.9. The maximum atomic E-state index is 4.93. The van der Waals surface area contributed by atoms with Crippen molar-refractivity contribution in [1.29, 1.82) is 0 Å². The largest absolute Gasteiger partial charge is 0.342 e. The van der Waals surface area contributed by atoms with Gasteiger partial charge in [0.05, 0.1) is 22.9 Å². The van der Waals surface area contributed by atoms with Gasteiger partial charge in [0.2, 0.25) is 0 Å². The molecule has 0 saturated heterocycles. The SMILES string of the molecule is Cc1ncc(-c2ccc3cc(-c4ccc5c(c4)c4ccncc4c4nc(C(C)C)[nH]c54)ccc3c2)[nH]1. The summed E-state index contributed by atoms with van der Waals surface area (Å²) in [5, 5.41) is 7.08. The summed E-state index contributed by atoms with van der Waals surface area (Å²) in [4.78, 5) is 20.6. The molecule has 7 aromatic rings. The van der Waals surface area contributed by atoms with E-state index in [2.05, 4.69) is 94.4 Å². The molecule has 174 valence electrons. The molecule has 0 fully saturated rings. The van der Waals surface area contributed by atoms with Gasteiger partial charge in [-0.1, -0.05) is 50.2 Å². The fraction of sp³-hybridized carbons (Fsp3) is 0.129. The predicted octanol–water partition coefficient (Wildman–Crippen LogP) is 7.91. The van der Waals surface area contributed by atoms with Crippen molar-refractivity contribution in [3.63, 3.8) is 0 Å². The van der Waals surface area contributed by atoms with Crippen LogP contribution in [0.4, 0.5) is 0 Å². The third-order valence-electron chi connectivity index (χ3n) is 7.11. The van der Waals surface area contributed by atoms with Crippen LogP contribution in [-0.4, -0.2) is 24.9 Å². The fourth-order valence-corrected chi connectivity index (χ4v) is 5.20. The minimum atomic E-state index is 0.328. The van der Waals surface area contributed by atoms with E-state index in [9.17, 15) is 0 Å². The molecule has 36 heavy (non-hydrogen) atoms. The van der Waals surface area contributed by atoms with E-state index < -0.39 is 0 Å². The van der Waals surface area contributed by atoms with Gasteiger partial charge in [0.15, 0.2) is 0 Å². The summed E-state index contributed by atoms with van der Waals surface area (Å²) in [7, 11) is 0. The number of imidazole rings is 2. The molecule has 0 aliphatic heterocycles. The van der Waals surface area contributed by atoms with E-state index in [4.69, 9.17) is 4.98 Å². The zero-order valence-corrected chi connectivity index (χ0v) is 20.4. The second-order valence-corrected chi connectivity index (χ2v) is 9.84. The number of nitrogens with zero attached hydrogens (tertiary/aromatic N) is 3. The number of aromatic nitrogens is 5. The van der Waals surface area contributed by atoms with E-state index in [1.807, 2.05) is 25.5 Å². The van der Waals surface area contributed by atoms with Crippen LogP contribution < -0.4 is 0 Å². The van der Waals surface area contributed by atoms with Crippen molar-refractivity contribution in [2.75, 3.05) is 0 Å². The van der Waals surface area contributed by atoms with Gasteiger partial charge in [-0.25, -0.2) is 9.97 Å². The molecule has 0 atom stereocenters. The minimum absolute atomic E-state index is 0.328.